The minimum Gasteiger partial charge on any atom is -0.497 e. The molecule has 1 amide bonds. The quantitative estimate of drug-likeness (QED) is 0.474. The Morgan fingerprint density at radius 1 is 0.966 bits per heavy atom. The first kappa shape index (κ1) is 19.0. The van der Waals surface area contributed by atoms with Crippen molar-refractivity contribution in [3.63, 3.8) is 0 Å². The van der Waals surface area contributed by atoms with Gasteiger partial charge in [0.15, 0.2) is 5.13 Å². The standard InChI is InChI=1S/C23H20N2O3S/c1-14-21(15-8-10-18(27-2)11-9-15)24-23(29-14)25-22(26)19-12-16-6-4-5-7-17(16)13-20(19)28-3/h4-13H,1-3H3,(H,24,25,26). The molecule has 29 heavy (non-hydrogen) atoms. The molecule has 3 aromatic carbocycles. The summed E-state index contributed by atoms with van der Waals surface area (Å²) in [6.45, 7) is 1.99. The van der Waals surface area contributed by atoms with Crippen molar-refractivity contribution >= 4 is 33.1 Å². The van der Waals surface area contributed by atoms with E-state index >= 15 is 0 Å². The van der Waals surface area contributed by atoms with Gasteiger partial charge in [-0.25, -0.2) is 4.98 Å². The van der Waals surface area contributed by atoms with Crippen molar-refractivity contribution in [2.24, 2.45) is 0 Å². The Labute approximate surface area is 172 Å². The van der Waals surface area contributed by atoms with E-state index in [0.717, 1.165) is 32.7 Å². The van der Waals surface area contributed by atoms with Crippen LogP contribution in [0.1, 0.15) is 15.2 Å². The van der Waals surface area contributed by atoms with Crippen molar-refractivity contribution in [3.05, 3.63) is 71.1 Å². The first-order chi connectivity index (χ1) is 14.1. The van der Waals surface area contributed by atoms with E-state index in [1.807, 2.05) is 67.6 Å². The Morgan fingerprint density at radius 3 is 2.31 bits per heavy atom. The molecular formula is C23H20N2O3S. The van der Waals surface area contributed by atoms with Gasteiger partial charge in [-0.2, -0.15) is 0 Å². The number of anilines is 1. The third-order valence-corrected chi connectivity index (χ3v) is 5.58. The summed E-state index contributed by atoms with van der Waals surface area (Å²) in [6, 6.07) is 19.3. The van der Waals surface area contributed by atoms with Crippen LogP contribution in [0.3, 0.4) is 0 Å². The maximum absolute atomic E-state index is 12.9. The van der Waals surface area contributed by atoms with Crippen LogP contribution < -0.4 is 14.8 Å². The predicted octanol–water partition coefficient (Wildman–Crippen LogP) is 5.54. The molecule has 6 heteroatoms. The summed E-state index contributed by atoms with van der Waals surface area (Å²) in [4.78, 5) is 18.6. The molecule has 0 bridgehead atoms. The normalized spacial score (nSPS) is 10.7. The number of carbonyl (C=O) groups excluding carboxylic acids is 1. The molecular weight excluding hydrogens is 384 g/mol. The van der Waals surface area contributed by atoms with Crippen molar-refractivity contribution < 1.29 is 14.3 Å². The molecule has 1 aromatic heterocycles. The lowest BCUT2D eigenvalue weighted by molar-refractivity contribution is 0.102. The van der Waals surface area contributed by atoms with Gasteiger partial charge in [0.05, 0.1) is 25.5 Å². The van der Waals surface area contributed by atoms with E-state index in [4.69, 9.17) is 9.47 Å². The largest absolute Gasteiger partial charge is 0.497 e. The number of amides is 1. The van der Waals surface area contributed by atoms with Crippen LogP contribution >= 0.6 is 11.3 Å². The molecule has 0 aliphatic rings. The molecule has 0 saturated carbocycles. The van der Waals surface area contributed by atoms with E-state index < -0.39 is 0 Å². The first-order valence-corrected chi connectivity index (χ1v) is 9.90. The number of aryl methyl sites for hydroxylation is 1. The summed E-state index contributed by atoms with van der Waals surface area (Å²) in [5.74, 6) is 1.08. The molecule has 146 valence electrons. The Bertz CT molecular complexity index is 1180. The van der Waals surface area contributed by atoms with Crippen molar-refractivity contribution in [1.82, 2.24) is 4.98 Å². The van der Waals surface area contributed by atoms with E-state index in [0.29, 0.717) is 16.4 Å². The second-order valence-electron chi connectivity index (χ2n) is 6.51. The Morgan fingerprint density at radius 2 is 1.66 bits per heavy atom. The highest BCUT2D eigenvalue weighted by molar-refractivity contribution is 7.16. The maximum Gasteiger partial charge on any atom is 0.261 e. The van der Waals surface area contributed by atoms with Crippen molar-refractivity contribution in [2.45, 2.75) is 6.92 Å². The lowest BCUT2D eigenvalue weighted by Crippen LogP contribution is -2.13. The highest BCUT2D eigenvalue weighted by Crippen LogP contribution is 2.32. The number of benzene rings is 3. The number of nitrogens with zero attached hydrogens (tertiary/aromatic N) is 1. The summed E-state index contributed by atoms with van der Waals surface area (Å²) < 4.78 is 10.7. The van der Waals surface area contributed by atoms with E-state index in [-0.39, 0.29) is 5.91 Å². The fraction of sp³-hybridized carbons (Fsp3) is 0.130. The zero-order chi connectivity index (χ0) is 20.4. The molecule has 0 saturated heterocycles. The van der Waals surface area contributed by atoms with Gasteiger partial charge in [0, 0.05) is 10.4 Å². The zero-order valence-corrected chi connectivity index (χ0v) is 17.2. The smallest absolute Gasteiger partial charge is 0.261 e. The molecule has 0 aliphatic heterocycles. The van der Waals surface area contributed by atoms with Gasteiger partial charge >= 0.3 is 0 Å². The molecule has 0 radical (unpaired) electrons. The monoisotopic (exact) mass is 404 g/mol. The summed E-state index contributed by atoms with van der Waals surface area (Å²) in [6.07, 6.45) is 0. The fourth-order valence-electron chi connectivity index (χ4n) is 3.20. The molecule has 1 heterocycles. The molecule has 0 fully saturated rings. The Hall–Kier alpha value is -3.38. The minimum absolute atomic E-state index is 0.248. The average Bonchev–Trinajstić information content (AvgIpc) is 3.12. The fourth-order valence-corrected chi connectivity index (χ4v) is 4.03. The number of rotatable bonds is 5. The second-order valence-corrected chi connectivity index (χ2v) is 7.71. The molecule has 0 atom stereocenters. The molecule has 0 unspecified atom stereocenters. The third kappa shape index (κ3) is 3.79. The number of carbonyl (C=O) groups is 1. The lowest BCUT2D eigenvalue weighted by Gasteiger charge is -2.10. The molecule has 1 N–H and O–H groups in total. The van der Waals surface area contributed by atoms with Crippen LogP contribution in [0.25, 0.3) is 22.0 Å². The van der Waals surface area contributed by atoms with Gasteiger partial charge in [-0.1, -0.05) is 24.3 Å². The average molecular weight is 404 g/mol. The van der Waals surface area contributed by atoms with Gasteiger partial charge < -0.3 is 9.47 Å². The van der Waals surface area contributed by atoms with Crippen molar-refractivity contribution in [1.29, 1.82) is 0 Å². The zero-order valence-electron chi connectivity index (χ0n) is 16.4. The highest BCUT2D eigenvalue weighted by atomic mass is 32.1. The second kappa shape index (κ2) is 7.93. The first-order valence-electron chi connectivity index (χ1n) is 9.09. The van der Waals surface area contributed by atoms with Crippen LogP contribution in [-0.4, -0.2) is 25.1 Å². The van der Waals surface area contributed by atoms with Gasteiger partial charge in [-0.15, -0.1) is 11.3 Å². The van der Waals surface area contributed by atoms with Gasteiger partial charge in [0.25, 0.3) is 5.91 Å². The van der Waals surface area contributed by atoms with E-state index in [2.05, 4.69) is 10.3 Å². The van der Waals surface area contributed by atoms with Crippen LogP contribution in [0.2, 0.25) is 0 Å². The van der Waals surface area contributed by atoms with Gasteiger partial charge in [-0.3, -0.25) is 10.1 Å². The number of aromatic nitrogens is 1. The summed E-state index contributed by atoms with van der Waals surface area (Å²) in [5.41, 5.74) is 2.30. The summed E-state index contributed by atoms with van der Waals surface area (Å²) >= 11 is 1.44. The number of fused-ring (bicyclic) bond motifs is 1. The van der Waals surface area contributed by atoms with Crippen LogP contribution in [-0.2, 0) is 0 Å². The molecule has 0 spiro atoms. The number of thiazole rings is 1. The van der Waals surface area contributed by atoms with Gasteiger partial charge in [-0.05, 0) is 54.1 Å². The Kier molecular flexibility index (Phi) is 5.18. The number of ether oxygens (including phenoxy) is 2. The number of hydrogen-bond donors (Lipinski definition) is 1. The highest BCUT2D eigenvalue weighted by Gasteiger charge is 2.17. The molecule has 4 aromatic rings. The molecule has 5 nitrogen and oxygen atoms in total. The SMILES string of the molecule is COc1ccc(-c2nc(NC(=O)c3cc4ccccc4cc3OC)sc2C)cc1. The lowest BCUT2D eigenvalue weighted by atomic mass is 10.1. The Balaban J connectivity index is 1.63. The number of hydrogen-bond acceptors (Lipinski definition) is 5. The summed E-state index contributed by atoms with van der Waals surface area (Å²) in [7, 11) is 3.20. The van der Waals surface area contributed by atoms with Crippen molar-refractivity contribution in [3.8, 4) is 22.8 Å². The van der Waals surface area contributed by atoms with Crippen LogP contribution in [0.15, 0.2) is 60.7 Å². The van der Waals surface area contributed by atoms with Crippen molar-refractivity contribution in [2.75, 3.05) is 19.5 Å². The van der Waals surface area contributed by atoms with Gasteiger partial charge in [0.1, 0.15) is 11.5 Å². The van der Waals surface area contributed by atoms with E-state index in [9.17, 15) is 4.79 Å². The van der Waals surface area contributed by atoms with Gasteiger partial charge in [0.2, 0.25) is 0 Å². The van der Waals surface area contributed by atoms with Crippen LogP contribution in [0.5, 0.6) is 11.5 Å². The van der Waals surface area contributed by atoms with Crippen LogP contribution in [0.4, 0.5) is 5.13 Å². The number of methoxy groups -OCH3 is 2. The predicted molar refractivity (Wildman–Crippen MR) is 117 cm³/mol. The van der Waals surface area contributed by atoms with Crippen LogP contribution in [0, 0.1) is 6.92 Å². The maximum atomic E-state index is 12.9. The number of nitrogens with one attached hydrogen (secondary N) is 1. The third-order valence-electron chi connectivity index (χ3n) is 4.69. The van der Waals surface area contributed by atoms with E-state index in [1.54, 1.807) is 14.2 Å². The molecule has 4 rings (SSSR count). The topological polar surface area (TPSA) is 60.5 Å². The molecule has 0 aliphatic carbocycles. The van der Waals surface area contributed by atoms with E-state index in [1.165, 1.54) is 11.3 Å². The minimum atomic E-state index is -0.248. The summed E-state index contributed by atoms with van der Waals surface area (Å²) in [5, 5.41) is 5.46.